The van der Waals surface area contributed by atoms with Crippen molar-refractivity contribution in [3.05, 3.63) is 116 Å². The quantitative estimate of drug-likeness (QED) is 0.366. The SMILES string of the molecule is Cn1c(=O)cc(N2N=C(c3c(O)c4ccccc4n(C)c3=O)CC2c2ccc(Cl)cc2)c2ccccc21. The highest BCUT2D eigenvalue weighted by molar-refractivity contribution is 6.30. The molecule has 5 aromatic rings. The molecule has 1 aliphatic heterocycles. The number of para-hydroxylation sites is 2. The standard InChI is InChI=1S/C29H23ClN4O3/c1-32-22-9-5-3-7-19(22)25(16-26(32)35)34-24(17-11-13-18(30)14-12-17)15-21(31-34)27-28(36)20-8-4-6-10-23(20)33(2)29(27)37/h3-14,16,24,36H,15H2,1-2H3. The van der Waals surface area contributed by atoms with Crippen LogP contribution in [0.15, 0.2) is 93.6 Å². The number of pyridine rings is 2. The first-order chi connectivity index (χ1) is 17.8. The van der Waals surface area contributed by atoms with Gasteiger partial charge in [-0.1, -0.05) is 54.1 Å². The van der Waals surface area contributed by atoms with E-state index in [2.05, 4.69) is 0 Å². The van der Waals surface area contributed by atoms with Gasteiger partial charge < -0.3 is 14.2 Å². The summed E-state index contributed by atoms with van der Waals surface area (Å²) in [7, 11) is 3.42. The summed E-state index contributed by atoms with van der Waals surface area (Å²) in [6, 6.07) is 23.6. The fourth-order valence-electron chi connectivity index (χ4n) is 5.15. The number of fused-ring (bicyclic) bond motifs is 2. The number of aromatic hydroxyl groups is 1. The van der Waals surface area contributed by atoms with Crippen molar-refractivity contribution in [3.8, 4) is 5.75 Å². The molecule has 6 rings (SSSR count). The van der Waals surface area contributed by atoms with Crippen LogP contribution in [0.2, 0.25) is 5.02 Å². The van der Waals surface area contributed by atoms with Gasteiger partial charge in [-0.15, -0.1) is 0 Å². The highest BCUT2D eigenvalue weighted by Gasteiger charge is 2.34. The van der Waals surface area contributed by atoms with Crippen LogP contribution in [0, 0.1) is 0 Å². The largest absolute Gasteiger partial charge is 0.506 e. The highest BCUT2D eigenvalue weighted by Crippen LogP contribution is 2.40. The summed E-state index contributed by atoms with van der Waals surface area (Å²) in [6.07, 6.45) is 0.353. The zero-order valence-corrected chi connectivity index (χ0v) is 21.0. The van der Waals surface area contributed by atoms with E-state index in [0.29, 0.717) is 33.7 Å². The average Bonchev–Trinajstić information content (AvgIpc) is 3.34. The van der Waals surface area contributed by atoms with Gasteiger partial charge in [-0.05, 0) is 35.9 Å². The maximum Gasteiger partial charge on any atom is 0.263 e. The summed E-state index contributed by atoms with van der Waals surface area (Å²) < 4.78 is 3.13. The number of hydrogen-bond acceptors (Lipinski definition) is 5. The third-order valence-corrected chi connectivity index (χ3v) is 7.36. The number of benzene rings is 3. The Labute approximate surface area is 217 Å². The monoisotopic (exact) mass is 510 g/mol. The van der Waals surface area contributed by atoms with E-state index in [0.717, 1.165) is 16.5 Å². The van der Waals surface area contributed by atoms with Crippen LogP contribution < -0.4 is 16.1 Å². The first-order valence-electron chi connectivity index (χ1n) is 11.9. The number of halogens is 1. The van der Waals surface area contributed by atoms with Gasteiger partial charge in [0.25, 0.3) is 11.1 Å². The Morgan fingerprint density at radius 3 is 2.19 bits per heavy atom. The van der Waals surface area contributed by atoms with Crippen molar-refractivity contribution in [1.82, 2.24) is 9.13 Å². The van der Waals surface area contributed by atoms with Gasteiger partial charge in [0.15, 0.2) is 0 Å². The first-order valence-corrected chi connectivity index (χ1v) is 12.2. The number of nitrogens with zero attached hydrogens (tertiary/aromatic N) is 4. The minimum atomic E-state index is -0.333. The first kappa shape index (κ1) is 23.1. The number of hydrogen-bond donors (Lipinski definition) is 1. The molecule has 0 bridgehead atoms. The van der Waals surface area contributed by atoms with Crippen LogP contribution in [0.1, 0.15) is 23.6 Å². The van der Waals surface area contributed by atoms with Gasteiger partial charge >= 0.3 is 0 Å². The molecule has 0 saturated heterocycles. The molecule has 2 aromatic heterocycles. The predicted octanol–water partition coefficient (Wildman–Crippen LogP) is 5.11. The number of anilines is 1. The lowest BCUT2D eigenvalue weighted by molar-refractivity contribution is 0.478. The summed E-state index contributed by atoms with van der Waals surface area (Å²) in [6.45, 7) is 0. The Hall–Kier alpha value is -4.36. The molecule has 0 amide bonds. The minimum Gasteiger partial charge on any atom is -0.506 e. The second-order valence-corrected chi connectivity index (χ2v) is 9.65. The molecule has 8 heteroatoms. The van der Waals surface area contributed by atoms with E-state index in [1.54, 1.807) is 41.9 Å². The molecule has 7 nitrogen and oxygen atoms in total. The molecule has 184 valence electrons. The third-order valence-electron chi connectivity index (χ3n) is 7.11. The molecule has 0 fully saturated rings. The van der Waals surface area contributed by atoms with E-state index in [-0.39, 0.29) is 28.5 Å². The molecule has 0 saturated carbocycles. The Morgan fingerprint density at radius 2 is 1.49 bits per heavy atom. The molecule has 37 heavy (non-hydrogen) atoms. The predicted molar refractivity (Wildman–Crippen MR) is 148 cm³/mol. The van der Waals surface area contributed by atoms with Crippen LogP contribution in [0.4, 0.5) is 5.69 Å². The molecule has 0 spiro atoms. The molecule has 1 unspecified atom stereocenters. The lowest BCUT2D eigenvalue weighted by atomic mass is 9.97. The number of rotatable bonds is 3. The Morgan fingerprint density at radius 1 is 0.865 bits per heavy atom. The topological polar surface area (TPSA) is 79.8 Å². The zero-order chi connectivity index (χ0) is 25.8. The van der Waals surface area contributed by atoms with Gasteiger partial charge in [0.05, 0.1) is 28.5 Å². The fourth-order valence-corrected chi connectivity index (χ4v) is 5.28. The van der Waals surface area contributed by atoms with Crippen LogP contribution >= 0.6 is 11.6 Å². The fraction of sp³-hybridized carbons (Fsp3) is 0.138. The lowest BCUT2D eigenvalue weighted by Crippen LogP contribution is -2.24. The zero-order valence-electron chi connectivity index (χ0n) is 20.2. The molecule has 3 heterocycles. The highest BCUT2D eigenvalue weighted by atomic mass is 35.5. The van der Waals surface area contributed by atoms with Crippen molar-refractivity contribution in [2.24, 2.45) is 19.2 Å². The second kappa shape index (κ2) is 8.64. The lowest BCUT2D eigenvalue weighted by Gasteiger charge is -2.25. The van der Waals surface area contributed by atoms with Crippen molar-refractivity contribution in [3.63, 3.8) is 0 Å². The molecule has 3 aromatic carbocycles. The average molecular weight is 511 g/mol. The summed E-state index contributed by atoms with van der Waals surface area (Å²) in [4.78, 5) is 26.4. The van der Waals surface area contributed by atoms with Gasteiger partial charge in [-0.3, -0.25) is 14.6 Å². The van der Waals surface area contributed by atoms with Gasteiger partial charge in [-0.25, -0.2) is 0 Å². The number of hydrazone groups is 1. The van der Waals surface area contributed by atoms with E-state index >= 15 is 0 Å². The normalized spacial score (nSPS) is 15.5. The van der Waals surface area contributed by atoms with Gasteiger partial charge in [-0.2, -0.15) is 5.10 Å². The molecule has 1 aliphatic rings. The molecular formula is C29H23ClN4O3. The Balaban J connectivity index is 1.61. The van der Waals surface area contributed by atoms with Crippen LogP contribution in [0.5, 0.6) is 5.75 Å². The van der Waals surface area contributed by atoms with Crippen molar-refractivity contribution >= 4 is 44.8 Å². The van der Waals surface area contributed by atoms with Crippen LogP contribution in [0.25, 0.3) is 21.8 Å². The minimum absolute atomic E-state index is 0.0945. The maximum absolute atomic E-state index is 13.5. The van der Waals surface area contributed by atoms with E-state index in [4.69, 9.17) is 16.7 Å². The maximum atomic E-state index is 13.5. The second-order valence-electron chi connectivity index (χ2n) is 9.21. The third kappa shape index (κ3) is 3.62. The Bertz CT molecular complexity index is 1850. The van der Waals surface area contributed by atoms with E-state index in [1.807, 2.05) is 60.7 Å². The molecule has 1 N–H and O–H groups in total. The van der Waals surface area contributed by atoms with Crippen LogP contribution in [-0.4, -0.2) is 20.0 Å². The van der Waals surface area contributed by atoms with Crippen molar-refractivity contribution in [2.75, 3.05) is 5.01 Å². The van der Waals surface area contributed by atoms with Crippen molar-refractivity contribution in [2.45, 2.75) is 12.5 Å². The summed E-state index contributed by atoms with van der Waals surface area (Å²) in [5.74, 6) is -0.0945. The van der Waals surface area contributed by atoms with Gasteiger partial charge in [0.1, 0.15) is 11.3 Å². The summed E-state index contributed by atoms with van der Waals surface area (Å²) >= 11 is 6.16. The molecule has 0 radical (unpaired) electrons. The summed E-state index contributed by atoms with van der Waals surface area (Å²) in [5.41, 5.74) is 3.07. The van der Waals surface area contributed by atoms with E-state index < -0.39 is 0 Å². The van der Waals surface area contributed by atoms with Gasteiger partial charge in [0.2, 0.25) is 0 Å². The summed E-state index contributed by atoms with van der Waals surface area (Å²) in [5, 5.41) is 19.9. The van der Waals surface area contributed by atoms with Gasteiger partial charge in [0, 0.05) is 42.4 Å². The van der Waals surface area contributed by atoms with Crippen molar-refractivity contribution in [1.29, 1.82) is 0 Å². The molecular weight excluding hydrogens is 488 g/mol. The van der Waals surface area contributed by atoms with E-state index in [1.165, 1.54) is 4.57 Å². The number of aromatic nitrogens is 2. The number of aryl methyl sites for hydroxylation is 2. The van der Waals surface area contributed by atoms with Crippen molar-refractivity contribution < 1.29 is 5.11 Å². The molecule has 0 aliphatic carbocycles. The van der Waals surface area contributed by atoms with Crippen LogP contribution in [-0.2, 0) is 14.1 Å². The van der Waals surface area contributed by atoms with Crippen LogP contribution in [0.3, 0.4) is 0 Å². The van der Waals surface area contributed by atoms with E-state index in [9.17, 15) is 14.7 Å². The molecule has 1 atom stereocenters. The smallest absolute Gasteiger partial charge is 0.263 e. The Kier molecular flexibility index (Phi) is 5.38.